The van der Waals surface area contributed by atoms with Crippen LogP contribution >= 0.6 is 0 Å². The molecule has 2 heterocycles. The molecule has 0 spiro atoms. The molecular weight excluding hydrogens is 478 g/mol. The van der Waals surface area contributed by atoms with Gasteiger partial charge in [-0.2, -0.15) is 5.10 Å². The molecule has 1 saturated heterocycles. The number of benzene rings is 3. The number of hydrazone groups is 1. The zero-order chi connectivity index (χ0) is 26.3. The molecule has 0 bridgehead atoms. The first-order valence-electron chi connectivity index (χ1n) is 13.1. The molecule has 2 N–H and O–H groups in total. The minimum absolute atomic E-state index is 0.141. The van der Waals surface area contributed by atoms with Gasteiger partial charge in [-0.25, -0.2) is 5.43 Å². The van der Waals surface area contributed by atoms with Crippen LogP contribution in [-0.4, -0.2) is 73.4 Å². The zero-order valence-corrected chi connectivity index (χ0v) is 21.8. The van der Waals surface area contributed by atoms with Gasteiger partial charge in [0.15, 0.2) is 11.5 Å². The van der Waals surface area contributed by atoms with E-state index in [0.717, 1.165) is 56.8 Å². The zero-order valence-electron chi connectivity index (χ0n) is 21.8. The number of phenolic OH excluding ortho intramolecular Hbond substituents is 1. The van der Waals surface area contributed by atoms with Gasteiger partial charge in [-0.1, -0.05) is 42.5 Å². The number of para-hydroxylation sites is 1. The number of fused-ring (bicyclic) bond motifs is 1. The number of nitrogens with zero attached hydrogens (tertiary/aromatic N) is 4. The maximum atomic E-state index is 12.5. The van der Waals surface area contributed by atoms with Gasteiger partial charge in [-0.3, -0.25) is 14.6 Å². The van der Waals surface area contributed by atoms with Crippen LogP contribution in [0.5, 0.6) is 11.5 Å². The quantitative estimate of drug-likeness (QED) is 0.356. The third-order valence-electron chi connectivity index (χ3n) is 7.26. The van der Waals surface area contributed by atoms with Gasteiger partial charge in [0.05, 0.1) is 19.9 Å². The number of nitrogens with one attached hydrogen (secondary N) is 1. The monoisotopic (exact) mass is 513 g/mol. The van der Waals surface area contributed by atoms with Crippen LogP contribution in [0.3, 0.4) is 0 Å². The third kappa shape index (κ3) is 6.33. The average molecular weight is 514 g/mol. The van der Waals surface area contributed by atoms with Crippen LogP contribution in [0.15, 0.2) is 71.8 Å². The maximum Gasteiger partial charge on any atom is 0.254 e. The van der Waals surface area contributed by atoms with Crippen LogP contribution in [0.2, 0.25) is 0 Å². The van der Waals surface area contributed by atoms with Gasteiger partial charge >= 0.3 is 0 Å². The second-order valence-electron chi connectivity index (χ2n) is 9.85. The summed E-state index contributed by atoms with van der Waals surface area (Å²) >= 11 is 0. The van der Waals surface area contributed by atoms with Gasteiger partial charge < -0.3 is 14.7 Å². The SMILES string of the molecule is COc1cc(C=NNC(=O)CN2CCN(c3ccccc3)CC2)cc(CN2CCc3ccccc3C2)c1O. The van der Waals surface area contributed by atoms with E-state index in [2.05, 4.69) is 61.6 Å². The van der Waals surface area contributed by atoms with Crippen LogP contribution in [0, 0.1) is 0 Å². The molecule has 198 valence electrons. The Balaban J connectivity index is 1.15. The molecular formula is C30H35N5O3. The van der Waals surface area contributed by atoms with E-state index in [4.69, 9.17) is 4.74 Å². The molecule has 8 nitrogen and oxygen atoms in total. The van der Waals surface area contributed by atoms with E-state index in [0.29, 0.717) is 18.8 Å². The lowest BCUT2D eigenvalue weighted by molar-refractivity contribution is -0.122. The van der Waals surface area contributed by atoms with Crippen molar-refractivity contribution in [3.8, 4) is 11.5 Å². The average Bonchev–Trinajstić information content (AvgIpc) is 2.95. The summed E-state index contributed by atoms with van der Waals surface area (Å²) in [6.07, 6.45) is 2.59. The molecule has 1 fully saturated rings. The largest absolute Gasteiger partial charge is 0.504 e. The molecule has 38 heavy (non-hydrogen) atoms. The number of phenols is 1. The molecule has 0 aliphatic carbocycles. The number of piperazine rings is 1. The van der Waals surface area contributed by atoms with Crippen molar-refractivity contribution in [2.24, 2.45) is 5.10 Å². The van der Waals surface area contributed by atoms with Crippen LogP contribution in [0.25, 0.3) is 0 Å². The number of anilines is 1. The molecule has 0 aromatic heterocycles. The maximum absolute atomic E-state index is 12.5. The van der Waals surface area contributed by atoms with E-state index < -0.39 is 0 Å². The van der Waals surface area contributed by atoms with Crippen molar-refractivity contribution in [1.82, 2.24) is 15.2 Å². The van der Waals surface area contributed by atoms with Gasteiger partial charge in [0.1, 0.15) is 0 Å². The summed E-state index contributed by atoms with van der Waals surface area (Å²) in [4.78, 5) is 19.3. The highest BCUT2D eigenvalue weighted by molar-refractivity contribution is 5.84. The summed E-state index contributed by atoms with van der Waals surface area (Å²) in [6.45, 7) is 6.09. The van der Waals surface area contributed by atoms with E-state index in [1.165, 1.54) is 23.9 Å². The Hall–Kier alpha value is -3.88. The van der Waals surface area contributed by atoms with Crippen molar-refractivity contribution in [3.05, 3.63) is 89.0 Å². The van der Waals surface area contributed by atoms with Crippen LogP contribution in [0.4, 0.5) is 5.69 Å². The van der Waals surface area contributed by atoms with Gasteiger partial charge in [0.2, 0.25) is 0 Å². The molecule has 2 aliphatic heterocycles. The van der Waals surface area contributed by atoms with Crippen molar-refractivity contribution in [1.29, 1.82) is 0 Å². The second kappa shape index (κ2) is 12.1. The number of hydrogen-bond donors (Lipinski definition) is 2. The highest BCUT2D eigenvalue weighted by Crippen LogP contribution is 2.33. The lowest BCUT2D eigenvalue weighted by Crippen LogP contribution is -2.49. The predicted octanol–water partition coefficient (Wildman–Crippen LogP) is 3.23. The van der Waals surface area contributed by atoms with E-state index in [9.17, 15) is 9.90 Å². The van der Waals surface area contributed by atoms with Crippen LogP contribution in [-0.2, 0) is 24.3 Å². The highest BCUT2D eigenvalue weighted by Gasteiger charge is 2.20. The highest BCUT2D eigenvalue weighted by atomic mass is 16.5. The Morgan fingerprint density at radius 2 is 1.71 bits per heavy atom. The Morgan fingerprint density at radius 3 is 2.47 bits per heavy atom. The Bertz CT molecular complexity index is 1270. The van der Waals surface area contributed by atoms with Gasteiger partial charge in [-0.15, -0.1) is 0 Å². The van der Waals surface area contributed by atoms with Crippen molar-refractivity contribution >= 4 is 17.8 Å². The normalized spacial score (nSPS) is 16.4. The molecule has 0 saturated carbocycles. The van der Waals surface area contributed by atoms with Crippen LogP contribution < -0.4 is 15.1 Å². The summed E-state index contributed by atoms with van der Waals surface area (Å²) in [5, 5.41) is 14.9. The Labute approximate surface area is 224 Å². The number of ether oxygens (including phenoxy) is 1. The summed E-state index contributed by atoms with van der Waals surface area (Å²) in [5.41, 5.74) is 8.10. The second-order valence-corrected chi connectivity index (χ2v) is 9.85. The van der Waals surface area contributed by atoms with Crippen molar-refractivity contribution < 1.29 is 14.6 Å². The van der Waals surface area contributed by atoms with Crippen molar-refractivity contribution in [2.45, 2.75) is 19.5 Å². The number of methoxy groups -OCH3 is 1. The lowest BCUT2D eigenvalue weighted by atomic mass is 9.99. The first-order valence-corrected chi connectivity index (χ1v) is 13.1. The molecule has 3 aromatic carbocycles. The van der Waals surface area contributed by atoms with Crippen molar-refractivity contribution in [2.75, 3.05) is 51.3 Å². The molecule has 0 atom stereocenters. The summed E-state index contributed by atoms with van der Waals surface area (Å²) in [6, 6.07) is 22.5. The summed E-state index contributed by atoms with van der Waals surface area (Å²) < 4.78 is 5.41. The molecule has 1 amide bonds. The predicted molar refractivity (Wildman–Crippen MR) is 150 cm³/mol. The Morgan fingerprint density at radius 1 is 0.974 bits per heavy atom. The molecule has 5 rings (SSSR count). The first kappa shape index (κ1) is 25.8. The summed E-state index contributed by atoms with van der Waals surface area (Å²) in [7, 11) is 1.54. The minimum Gasteiger partial charge on any atom is -0.504 e. The van der Waals surface area contributed by atoms with E-state index in [-0.39, 0.29) is 11.7 Å². The Kier molecular flexibility index (Phi) is 8.21. The molecule has 3 aromatic rings. The number of hydrogen-bond acceptors (Lipinski definition) is 7. The fourth-order valence-corrected chi connectivity index (χ4v) is 5.19. The first-order chi connectivity index (χ1) is 18.6. The van der Waals surface area contributed by atoms with Crippen molar-refractivity contribution in [3.63, 3.8) is 0 Å². The molecule has 0 unspecified atom stereocenters. The standard InChI is InChI=1S/C30H35N5O3/c1-38-28-18-23(17-26(30(28)37)21-34-12-11-24-7-5-6-8-25(24)20-34)19-31-32-29(36)22-33-13-15-35(16-14-33)27-9-3-2-4-10-27/h2-10,17-19,37H,11-16,20-22H2,1H3,(H,32,36). The van der Waals surface area contributed by atoms with E-state index >= 15 is 0 Å². The third-order valence-corrected chi connectivity index (χ3v) is 7.26. The van der Waals surface area contributed by atoms with Gasteiger partial charge in [0, 0.05) is 57.1 Å². The number of carbonyl (C=O) groups is 1. The van der Waals surface area contributed by atoms with Crippen LogP contribution in [0.1, 0.15) is 22.3 Å². The van der Waals surface area contributed by atoms with Gasteiger partial charge in [0.25, 0.3) is 5.91 Å². The fraction of sp³-hybridized carbons (Fsp3) is 0.333. The van der Waals surface area contributed by atoms with E-state index in [1.54, 1.807) is 12.3 Å². The number of aromatic hydroxyl groups is 1. The smallest absolute Gasteiger partial charge is 0.254 e. The molecule has 2 aliphatic rings. The van der Waals surface area contributed by atoms with Gasteiger partial charge in [-0.05, 0) is 47.4 Å². The summed E-state index contributed by atoms with van der Waals surface area (Å²) in [5.74, 6) is 0.388. The molecule has 8 heteroatoms. The fourth-order valence-electron chi connectivity index (χ4n) is 5.19. The lowest BCUT2D eigenvalue weighted by Gasteiger charge is -2.35. The number of rotatable bonds is 8. The molecule has 0 radical (unpaired) electrons. The number of amides is 1. The minimum atomic E-state index is -0.146. The van der Waals surface area contributed by atoms with E-state index in [1.807, 2.05) is 24.3 Å². The number of carbonyl (C=O) groups excluding carboxylic acids is 1. The topological polar surface area (TPSA) is 80.6 Å².